The Morgan fingerprint density at radius 2 is 1.82 bits per heavy atom. The van der Waals surface area contributed by atoms with Crippen LogP contribution >= 0.6 is 22.6 Å². The number of halogens is 1. The summed E-state index contributed by atoms with van der Waals surface area (Å²) in [6, 6.07) is 3.29. The number of benzene rings is 1. The van der Waals surface area contributed by atoms with Gasteiger partial charge >= 0.3 is 0 Å². The maximum absolute atomic E-state index is 8.94. The van der Waals surface area contributed by atoms with Crippen LogP contribution in [0.2, 0.25) is 0 Å². The molecule has 0 aliphatic rings. The van der Waals surface area contributed by atoms with E-state index in [-0.39, 0.29) is 5.23 Å². The lowest BCUT2D eigenvalue weighted by atomic mass is 10.1. The van der Waals surface area contributed by atoms with Crippen molar-refractivity contribution in [1.82, 2.24) is 5.23 Å². The second kappa shape index (κ2) is 6.39. The molecular weight excluding hydrogens is 337 g/mol. The van der Waals surface area contributed by atoms with Crippen molar-refractivity contribution in [3.05, 3.63) is 21.3 Å². The van der Waals surface area contributed by atoms with E-state index in [2.05, 4.69) is 22.6 Å². The number of hydrogen-bond donors (Lipinski definition) is 2. The molecular formula is C11H16INO4. The second-order valence-corrected chi connectivity index (χ2v) is 4.83. The van der Waals surface area contributed by atoms with Gasteiger partial charge in [-0.2, -0.15) is 0 Å². The molecule has 0 spiro atoms. The fraction of sp³-hybridized carbons (Fsp3) is 0.455. The maximum atomic E-state index is 8.94. The van der Waals surface area contributed by atoms with Gasteiger partial charge in [0, 0.05) is 0 Å². The molecule has 1 aromatic rings. The lowest BCUT2D eigenvalue weighted by molar-refractivity contribution is -0.328. The lowest BCUT2D eigenvalue weighted by Gasteiger charge is -2.18. The number of nitrogens with zero attached hydrogens (tertiary/aromatic N) is 1. The fourth-order valence-electron chi connectivity index (χ4n) is 1.48. The van der Waals surface area contributed by atoms with Crippen molar-refractivity contribution >= 4 is 22.6 Å². The summed E-state index contributed by atoms with van der Waals surface area (Å²) in [6.07, 6.45) is 0.448. The first-order chi connectivity index (χ1) is 7.99. The highest BCUT2D eigenvalue weighted by atomic mass is 127. The largest absolute Gasteiger partial charge is 0.496 e. The zero-order valence-electron chi connectivity index (χ0n) is 9.98. The first kappa shape index (κ1) is 14.5. The van der Waals surface area contributed by atoms with Gasteiger partial charge in [-0.1, -0.05) is 5.23 Å². The zero-order chi connectivity index (χ0) is 13.0. The van der Waals surface area contributed by atoms with Gasteiger partial charge in [0.25, 0.3) is 0 Å². The third-order valence-corrected chi connectivity index (χ3v) is 3.31. The van der Waals surface area contributed by atoms with E-state index in [0.29, 0.717) is 12.2 Å². The monoisotopic (exact) mass is 353 g/mol. The van der Waals surface area contributed by atoms with Crippen LogP contribution in [-0.4, -0.2) is 35.9 Å². The van der Waals surface area contributed by atoms with Crippen LogP contribution in [0.15, 0.2) is 12.1 Å². The van der Waals surface area contributed by atoms with Crippen LogP contribution < -0.4 is 9.47 Å². The van der Waals surface area contributed by atoms with Crippen LogP contribution in [0, 0.1) is 3.57 Å². The van der Waals surface area contributed by atoms with Crippen LogP contribution in [0.3, 0.4) is 0 Å². The van der Waals surface area contributed by atoms with Crippen LogP contribution in [0.25, 0.3) is 0 Å². The average Bonchev–Trinajstić information content (AvgIpc) is 2.30. The molecule has 0 bridgehead atoms. The Labute approximate surface area is 114 Å². The molecule has 1 aromatic carbocycles. The number of methoxy groups -OCH3 is 2. The van der Waals surface area contributed by atoms with Crippen LogP contribution in [0.1, 0.15) is 12.5 Å². The molecule has 0 saturated heterocycles. The molecule has 17 heavy (non-hydrogen) atoms. The first-order valence-electron chi connectivity index (χ1n) is 5.07. The van der Waals surface area contributed by atoms with Gasteiger partial charge in [-0.05, 0) is 53.6 Å². The first-order valence-corrected chi connectivity index (χ1v) is 6.14. The van der Waals surface area contributed by atoms with Crippen LogP contribution in [0.5, 0.6) is 11.5 Å². The molecule has 6 heteroatoms. The van der Waals surface area contributed by atoms with Crippen molar-refractivity contribution in [1.29, 1.82) is 0 Å². The lowest BCUT2D eigenvalue weighted by Crippen LogP contribution is -2.28. The molecule has 1 atom stereocenters. The number of hydrogen-bond acceptors (Lipinski definition) is 5. The van der Waals surface area contributed by atoms with Crippen molar-refractivity contribution in [2.75, 3.05) is 14.2 Å². The van der Waals surface area contributed by atoms with E-state index in [1.807, 2.05) is 12.1 Å². The van der Waals surface area contributed by atoms with E-state index in [9.17, 15) is 0 Å². The molecule has 0 radical (unpaired) electrons. The third-order valence-electron chi connectivity index (χ3n) is 2.46. The molecule has 0 aliphatic carbocycles. The summed E-state index contributed by atoms with van der Waals surface area (Å²) in [7, 11) is 3.18. The molecule has 0 amide bonds. The van der Waals surface area contributed by atoms with E-state index < -0.39 is 6.04 Å². The normalized spacial score (nSPS) is 12.6. The minimum absolute atomic E-state index is 0.198. The van der Waals surface area contributed by atoms with Crippen molar-refractivity contribution < 1.29 is 19.9 Å². The molecule has 1 rings (SSSR count). The predicted molar refractivity (Wildman–Crippen MR) is 70.8 cm³/mol. The summed E-state index contributed by atoms with van der Waals surface area (Å²) in [5, 5.41) is 18.1. The summed E-state index contributed by atoms with van der Waals surface area (Å²) in [5.41, 5.74) is 0.866. The van der Waals surface area contributed by atoms with E-state index >= 15 is 0 Å². The molecule has 0 aliphatic heterocycles. The Morgan fingerprint density at radius 3 is 2.29 bits per heavy atom. The van der Waals surface area contributed by atoms with Crippen molar-refractivity contribution in [3.63, 3.8) is 0 Å². The number of rotatable bonds is 5. The Kier molecular flexibility index (Phi) is 5.44. The Morgan fingerprint density at radius 1 is 1.24 bits per heavy atom. The van der Waals surface area contributed by atoms with Gasteiger partial charge in [-0.3, -0.25) is 10.4 Å². The Balaban J connectivity index is 3.04. The quantitative estimate of drug-likeness (QED) is 0.629. The second-order valence-electron chi connectivity index (χ2n) is 3.67. The molecule has 1 unspecified atom stereocenters. The maximum Gasteiger partial charge on any atom is 0.132 e. The number of hydroxylamine groups is 2. The highest BCUT2D eigenvalue weighted by Gasteiger charge is 2.15. The van der Waals surface area contributed by atoms with E-state index in [1.54, 1.807) is 21.1 Å². The zero-order valence-corrected chi connectivity index (χ0v) is 12.1. The molecule has 96 valence electrons. The minimum atomic E-state index is -0.423. The van der Waals surface area contributed by atoms with E-state index in [0.717, 1.165) is 14.9 Å². The molecule has 5 nitrogen and oxygen atoms in total. The van der Waals surface area contributed by atoms with Gasteiger partial charge in [-0.15, -0.1) is 0 Å². The summed E-state index contributed by atoms with van der Waals surface area (Å²) < 4.78 is 11.4. The molecule has 0 aromatic heterocycles. The van der Waals surface area contributed by atoms with Gasteiger partial charge in [-0.25, -0.2) is 0 Å². The van der Waals surface area contributed by atoms with Gasteiger partial charge in [0.2, 0.25) is 0 Å². The standard InChI is InChI=1S/C11H16INO4/c1-7(13(14)15)4-8-5-11(17-3)9(12)6-10(8)16-2/h5-7,14-15H,4H2,1-3H3. The van der Waals surface area contributed by atoms with Gasteiger partial charge in [0.15, 0.2) is 0 Å². The van der Waals surface area contributed by atoms with Gasteiger partial charge in [0.05, 0.1) is 23.8 Å². The summed E-state index contributed by atoms with van der Waals surface area (Å²) in [6.45, 7) is 1.70. The SMILES string of the molecule is COc1cc(CC(C)N(O)O)c(OC)cc1I. The summed E-state index contributed by atoms with van der Waals surface area (Å²) in [5.74, 6) is 1.46. The molecule has 0 heterocycles. The molecule has 0 fully saturated rings. The summed E-state index contributed by atoms with van der Waals surface area (Å²) in [4.78, 5) is 0. The molecule has 2 N–H and O–H groups in total. The van der Waals surface area contributed by atoms with Crippen molar-refractivity contribution in [2.45, 2.75) is 19.4 Å². The van der Waals surface area contributed by atoms with E-state index in [4.69, 9.17) is 19.9 Å². The van der Waals surface area contributed by atoms with Gasteiger partial charge < -0.3 is 9.47 Å². The topological polar surface area (TPSA) is 62.2 Å². The van der Waals surface area contributed by atoms with Crippen LogP contribution in [-0.2, 0) is 6.42 Å². The average molecular weight is 353 g/mol. The van der Waals surface area contributed by atoms with Crippen LogP contribution in [0.4, 0.5) is 0 Å². The fourth-order valence-corrected chi connectivity index (χ4v) is 2.14. The third kappa shape index (κ3) is 3.70. The highest BCUT2D eigenvalue weighted by molar-refractivity contribution is 14.1. The Bertz CT molecular complexity index is 384. The Hall–Kier alpha value is -0.570. The number of ether oxygens (including phenoxy) is 2. The predicted octanol–water partition coefficient (Wildman–Crippen LogP) is 2.32. The van der Waals surface area contributed by atoms with Gasteiger partial charge in [0.1, 0.15) is 11.5 Å². The molecule has 0 saturated carbocycles. The summed E-state index contributed by atoms with van der Waals surface area (Å²) >= 11 is 2.16. The smallest absolute Gasteiger partial charge is 0.132 e. The van der Waals surface area contributed by atoms with E-state index in [1.165, 1.54) is 0 Å². The van der Waals surface area contributed by atoms with Crippen molar-refractivity contribution in [3.8, 4) is 11.5 Å². The highest BCUT2D eigenvalue weighted by Crippen LogP contribution is 2.30. The minimum Gasteiger partial charge on any atom is -0.496 e. The van der Waals surface area contributed by atoms with Crippen molar-refractivity contribution in [2.24, 2.45) is 0 Å².